The van der Waals surface area contributed by atoms with Crippen LogP contribution in [0.5, 0.6) is 0 Å². The molecule has 2 N–H and O–H groups in total. The molecule has 0 spiro atoms. The third kappa shape index (κ3) is 4.14. The van der Waals surface area contributed by atoms with Gasteiger partial charge in [-0.15, -0.1) is 0 Å². The predicted molar refractivity (Wildman–Crippen MR) is 91.4 cm³/mol. The van der Waals surface area contributed by atoms with Crippen LogP contribution in [-0.4, -0.2) is 34.9 Å². The standard InChI is InChI=1S/C18H19FN4O3/c19-14-4-2-12(3-5-14)15(16(20)24)26-17(25)13-6-10-23(11-7-13)18-21-8-1-9-22-18/h1-5,8-9,13,15H,6-7,10-11H2,(H2,20,24). The number of hydrogen-bond donors (Lipinski definition) is 1. The summed E-state index contributed by atoms with van der Waals surface area (Å²) in [5.41, 5.74) is 5.70. The van der Waals surface area contributed by atoms with Crippen LogP contribution in [0.2, 0.25) is 0 Å². The Morgan fingerprint density at radius 3 is 2.35 bits per heavy atom. The molecule has 1 aromatic carbocycles. The number of aromatic nitrogens is 2. The van der Waals surface area contributed by atoms with E-state index in [2.05, 4.69) is 9.97 Å². The molecule has 2 aromatic rings. The molecule has 26 heavy (non-hydrogen) atoms. The molecule has 3 rings (SSSR count). The number of nitrogens with two attached hydrogens (primary N) is 1. The summed E-state index contributed by atoms with van der Waals surface area (Å²) in [6, 6.07) is 6.89. The predicted octanol–water partition coefficient (Wildman–Crippen LogP) is 1.60. The van der Waals surface area contributed by atoms with Crippen LogP contribution in [0.25, 0.3) is 0 Å². The lowest BCUT2D eigenvalue weighted by Gasteiger charge is -2.31. The maximum absolute atomic E-state index is 13.0. The zero-order valence-corrected chi connectivity index (χ0v) is 14.0. The van der Waals surface area contributed by atoms with Gasteiger partial charge in [0.1, 0.15) is 5.82 Å². The fourth-order valence-electron chi connectivity index (χ4n) is 2.91. The summed E-state index contributed by atoms with van der Waals surface area (Å²) in [6.07, 6.45) is 3.24. The molecule has 1 atom stereocenters. The number of primary amides is 1. The first kappa shape index (κ1) is 17.8. The quantitative estimate of drug-likeness (QED) is 0.815. The second kappa shape index (κ2) is 7.90. The minimum atomic E-state index is -1.22. The average Bonchev–Trinajstić information content (AvgIpc) is 2.67. The molecule has 0 saturated carbocycles. The lowest BCUT2D eigenvalue weighted by molar-refractivity contribution is -0.160. The molecule has 1 saturated heterocycles. The maximum Gasteiger partial charge on any atom is 0.310 e. The number of benzene rings is 1. The van der Waals surface area contributed by atoms with E-state index >= 15 is 0 Å². The zero-order valence-electron chi connectivity index (χ0n) is 14.0. The van der Waals surface area contributed by atoms with Crippen LogP contribution < -0.4 is 10.6 Å². The lowest BCUT2D eigenvalue weighted by atomic mass is 9.97. The minimum absolute atomic E-state index is 0.336. The molecule has 1 aromatic heterocycles. The molecule has 0 bridgehead atoms. The van der Waals surface area contributed by atoms with Gasteiger partial charge in [0.25, 0.3) is 5.91 Å². The largest absolute Gasteiger partial charge is 0.447 e. The number of ether oxygens (including phenoxy) is 1. The van der Waals surface area contributed by atoms with Gasteiger partial charge >= 0.3 is 5.97 Å². The molecule has 136 valence electrons. The van der Waals surface area contributed by atoms with E-state index in [1.54, 1.807) is 18.5 Å². The molecule has 1 amide bonds. The Labute approximate surface area is 150 Å². The number of anilines is 1. The monoisotopic (exact) mass is 358 g/mol. The minimum Gasteiger partial charge on any atom is -0.447 e. The average molecular weight is 358 g/mol. The van der Waals surface area contributed by atoms with Crippen molar-refractivity contribution in [3.05, 3.63) is 54.1 Å². The third-order valence-electron chi connectivity index (χ3n) is 4.33. The first-order valence-corrected chi connectivity index (χ1v) is 8.32. The van der Waals surface area contributed by atoms with E-state index in [9.17, 15) is 14.0 Å². The van der Waals surface area contributed by atoms with Gasteiger partial charge in [0.05, 0.1) is 5.92 Å². The molecule has 8 heteroatoms. The highest BCUT2D eigenvalue weighted by Gasteiger charge is 2.31. The highest BCUT2D eigenvalue weighted by molar-refractivity contribution is 5.84. The second-order valence-electron chi connectivity index (χ2n) is 6.08. The van der Waals surface area contributed by atoms with E-state index in [0.29, 0.717) is 37.4 Å². The number of hydrogen-bond acceptors (Lipinski definition) is 6. The van der Waals surface area contributed by atoms with Crippen LogP contribution in [-0.2, 0) is 14.3 Å². The number of carbonyl (C=O) groups is 2. The maximum atomic E-state index is 13.0. The third-order valence-corrected chi connectivity index (χ3v) is 4.33. The molecule has 1 aliphatic heterocycles. The number of halogens is 1. The number of piperidine rings is 1. The van der Waals surface area contributed by atoms with Crippen molar-refractivity contribution in [1.29, 1.82) is 0 Å². The van der Waals surface area contributed by atoms with Gasteiger partial charge in [0.2, 0.25) is 12.1 Å². The van der Waals surface area contributed by atoms with E-state index in [1.165, 1.54) is 24.3 Å². The first-order valence-electron chi connectivity index (χ1n) is 8.32. The lowest BCUT2D eigenvalue weighted by Crippen LogP contribution is -2.38. The van der Waals surface area contributed by atoms with E-state index in [1.807, 2.05) is 4.90 Å². The molecule has 7 nitrogen and oxygen atoms in total. The Hall–Kier alpha value is -3.03. The Bertz CT molecular complexity index is 762. The normalized spacial score (nSPS) is 16.1. The molecule has 0 aliphatic carbocycles. The highest BCUT2D eigenvalue weighted by atomic mass is 19.1. The molecule has 1 aliphatic rings. The number of nitrogens with zero attached hydrogens (tertiary/aromatic N) is 3. The van der Waals surface area contributed by atoms with Gasteiger partial charge in [-0.2, -0.15) is 0 Å². The van der Waals surface area contributed by atoms with Gasteiger partial charge in [-0.05, 0) is 31.0 Å². The molecule has 2 heterocycles. The van der Waals surface area contributed by atoms with Crippen LogP contribution in [0.15, 0.2) is 42.7 Å². The van der Waals surface area contributed by atoms with Crippen LogP contribution >= 0.6 is 0 Å². The van der Waals surface area contributed by atoms with Crippen LogP contribution in [0.1, 0.15) is 24.5 Å². The Morgan fingerprint density at radius 1 is 1.15 bits per heavy atom. The molecular weight excluding hydrogens is 339 g/mol. The van der Waals surface area contributed by atoms with Gasteiger partial charge in [0, 0.05) is 31.0 Å². The van der Waals surface area contributed by atoms with Gasteiger partial charge in [-0.25, -0.2) is 14.4 Å². The number of carbonyl (C=O) groups excluding carboxylic acids is 2. The summed E-state index contributed by atoms with van der Waals surface area (Å²) < 4.78 is 18.4. The van der Waals surface area contributed by atoms with E-state index in [4.69, 9.17) is 10.5 Å². The highest BCUT2D eigenvalue weighted by Crippen LogP contribution is 2.25. The van der Waals surface area contributed by atoms with E-state index in [-0.39, 0.29) is 5.92 Å². The van der Waals surface area contributed by atoms with Crippen LogP contribution in [0.3, 0.4) is 0 Å². The van der Waals surface area contributed by atoms with Crippen molar-refractivity contribution in [2.45, 2.75) is 18.9 Å². The van der Waals surface area contributed by atoms with Gasteiger partial charge in [-0.1, -0.05) is 12.1 Å². The molecule has 0 radical (unpaired) electrons. The van der Waals surface area contributed by atoms with Crippen LogP contribution in [0, 0.1) is 11.7 Å². The summed E-state index contributed by atoms with van der Waals surface area (Å²) in [5, 5.41) is 0. The smallest absolute Gasteiger partial charge is 0.310 e. The Morgan fingerprint density at radius 2 is 1.77 bits per heavy atom. The number of amides is 1. The van der Waals surface area contributed by atoms with Crippen molar-refractivity contribution in [2.75, 3.05) is 18.0 Å². The van der Waals surface area contributed by atoms with Crippen molar-refractivity contribution in [3.63, 3.8) is 0 Å². The summed E-state index contributed by atoms with van der Waals surface area (Å²) in [6.45, 7) is 1.23. The van der Waals surface area contributed by atoms with Crippen molar-refractivity contribution in [1.82, 2.24) is 9.97 Å². The fourth-order valence-corrected chi connectivity index (χ4v) is 2.91. The molecule has 1 fully saturated rings. The van der Waals surface area contributed by atoms with Crippen molar-refractivity contribution < 1.29 is 18.7 Å². The topological polar surface area (TPSA) is 98.4 Å². The van der Waals surface area contributed by atoms with Crippen molar-refractivity contribution in [2.24, 2.45) is 11.7 Å². The summed E-state index contributed by atoms with van der Waals surface area (Å²) >= 11 is 0. The van der Waals surface area contributed by atoms with Gasteiger partial charge < -0.3 is 15.4 Å². The molecule has 1 unspecified atom stereocenters. The Balaban J connectivity index is 1.60. The van der Waals surface area contributed by atoms with Crippen molar-refractivity contribution in [3.8, 4) is 0 Å². The number of rotatable bonds is 5. The summed E-state index contributed by atoms with van der Waals surface area (Å²) in [5.74, 6) is -1.43. The van der Waals surface area contributed by atoms with Gasteiger partial charge in [-0.3, -0.25) is 9.59 Å². The molecular formula is C18H19FN4O3. The zero-order chi connectivity index (χ0) is 18.5. The fraction of sp³-hybridized carbons (Fsp3) is 0.333. The van der Waals surface area contributed by atoms with E-state index < -0.39 is 23.8 Å². The van der Waals surface area contributed by atoms with Gasteiger partial charge in [0.15, 0.2) is 0 Å². The first-order chi connectivity index (χ1) is 12.5. The van der Waals surface area contributed by atoms with Crippen molar-refractivity contribution >= 4 is 17.8 Å². The van der Waals surface area contributed by atoms with Crippen LogP contribution in [0.4, 0.5) is 10.3 Å². The van der Waals surface area contributed by atoms with E-state index in [0.717, 1.165) is 0 Å². The second-order valence-corrected chi connectivity index (χ2v) is 6.08. The summed E-state index contributed by atoms with van der Waals surface area (Å²) in [4.78, 5) is 34.5. The number of esters is 1. The SMILES string of the molecule is NC(=O)C(OC(=O)C1CCN(c2ncccn2)CC1)c1ccc(F)cc1. The summed E-state index contributed by atoms with van der Waals surface area (Å²) in [7, 11) is 0. The Kier molecular flexibility index (Phi) is 5.40.